The molecule has 0 saturated heterocycles. The van der Waals surface area contributed by atoms with Gasteiger partial charge in [-0.1, -0.05) is 0 Å². The molecule has 0 unspecified atom stereocenters. The monoisotopic (exact) mass is 234 g/mol. The summed E-state index contributed by atoms with van der Waals surface area (Å²) in [7, 11) is 3.67. The van der Waals surface area contributed by atoms with Crippen LogP contribution >= 0.6 is 0 Å². The van der Waals surface area contributed by atoms with Gasteiger partial charge in [0.15, 0.2) is 5.78 Å². The van der Waals surface area contributed by atoms with E-state index in [1.807, 2.05) is 19.2 Å². The topological polar surface area (TPSA) is 55.6 Å². The number of nitrogens with zero attached hydrogens (tertiary/aromatic N) is 1. The van der Waals surface area contributed by atoms with Crippen LogP contribution in [0.1, 0.15) is 22.3 Å². The van der Waals surface area contributed by atoms with E-state index < -0.39 is 0 Å². The molecule has 0 saturated carbocycles. The summed E-state index contributed by atoms with van der Waals surface area (Å²) in [6.07, 6.45) is 1.30. The van der Waals surface area contributed by atoms with Gasteiger partial charge in [-0.3, -0.25) is 4.79 Å². The number of hydrogen-bond donors (Lipinski definition) is 1. The lowest BCUT2D eigenvalue weighted by atomic mass is 10.0. The zero-order valence-corrected chi connectivity index (χ0v) is 10.3. The zero-order valence-electron chi connectivity index (χ0n) is 10.3. The van der Waals surface area contributed by atoms with Crippen LogP contribution in [-0.4, -0.2) is 33.0 Å². The van der Waals surface area contributed by atoms with Crippen LogP contribution in [-0.2, 0) is 6.42 Å². The number of benzene rings is 1. The maximum Gasteiger partial charge on any atom is 0.167 e. The molecule has 2 N–H and O–H groups in total. The van der Waals surface area contributed by atoms with Gasteiger partial charge in [-0.05, 0) is 25.1 Å². The van der Waals surface area contributed by atoms with E-state index in [9.17, 15) is 4.79 Å². The SMILES string of the molecule is COc1c(C(=O)CCN)ccc2c1CCN2C. The number of ketones is 1. The highest BCUT2D eigenvalue weighted by Gasteiger charge is 2.24. The molecule has 1 aliphatic heterocycles. The molecule has 0 amide bonds. The summed E-state index contributed by atoms with van der Waals surface area (Å²) >= 11 is 0. The number of anilines is 1. The van der Waals surface area contributed by atoms with Crippen molar-refractivity contribution in [1.29, 1.82) is 0 Å². The van der Waals surface area contributed by atoms with Crippen LogP contribution < -0.4 is 15.4 Å². The standard InChI is InChI=1S/C13H18N2O2/c1-15-8-6-9-11(15)4-3-10(13(9)17-2)12(16)5-7-14/h3-4H,5-8,14H2,1-2H3. The van der Waals surface area contributed by atoms with E-state index >= 15 is 0 Å². The minimum Gasteiger partial charge on any atom is -0.496 e. The fourth-order valence-electron chi connectivity index (χ4n) is 2.34. The Hall–Kier alpha value is -1.55. The Morgan fingerprint density at radius 3 is 2.94 bits per heavy atom. The van der Waals surface area contributed by atoms with Gasteiger partial charge in [0.05, 0.1) is 12.7 Å². The fourth-order valence-corrected chi connectivity index (χ4v) is 2.34. The van der Waals surface area contributed by atoms with Crippen LogP contribution in [0.3, 0.4) is 0 Å². The number of methoxy groups -OCH3 is 1. The molecule has 0 radical (unpaired) electrons. The van der Waals surface area contributed by atoms with Crippen molar-refractivity contribution in [1.82, 2.24) is 0 Å². The highest BCUT2D eigenvalue weighted by atomic mass is 16.5. The number of carbonyl (C=O) groups is 1. The van der Waals surface area contributed by atoms with Gasteiger partial charge in [0, 0.05) is 31.3 Å². The van der Waals surface area contributed by atoms with Crippen LogP contribution in [0, 0.1) is 0 Å². The molecule has 1 aromatic rings. The molecule has 0 aromatic heterocycles. The van der Waals surface area contributed by atoms with Gasteiger partial charge in [0.2, 0.25) is 0 Å². The number of ether oxygens (including phenoxy) is 1. The van der Waals surface area contributed by atoms with Crippen LogP contribution in [0.5, 0.6) is 5.75 Å². The molecule has 92 valence electrons. The first kappa shape index (κ1) is 11.9. The van der Waals surface area contributed by atoms with Crippen molar-refractivity contribution >= 4 is 11.5 Å². The molecule has 17 heavy (non-hydrogen) atoms. The molecule has 0 bridgehead atoms. The van der Waals surface area contributed by atoms with Crippen molar-refractivity contribution in [3.8, 4) is 5.75 Å². The van der Waals surface area contributed by atoms with E-state index in [1.165, 1.54) is 0 Å². The van der Waals surface area contributed by atoms with Crippen LogP contribution in [0.4, 0.5) is 5.69 Å². The predicted molar refractivity (Wildman–Crippen MR) is 68.0 cm³/mol. The zero-order chi connectivity index (χ0) is 12.4. The number of Topliss-reactive ketones (excluding diaryl/α,β-unsaturated/α-hetero) is 1. The first-order chi connectivity index (χ1) is 8.19. The second-order valence-corrected chi connectivity index (χ2v) is 4.28. The predicted octanol–water partition coefficient (Wildman–Crippen LogP) is 1.22. The lowest BCUT2D eigenvalue weighted by Crippen LogP contribution is -2.12. The van der Waals surface area contributed by atoms with E-state index in [1.54, 1.807) is 7.11 Å². The third-order valence-corrected chi connectivity index (χ3v) is 3.22. The first-order valence-corrected chi connectivity index (χ1v) is 5.83. The Bertz CT molecular complexity index is 443. The Balaban J connectivity index is 2.45. The van der Waals surface area contributed by atoms with Crippen molar-refractivity contribution in [2.75, 3.05) is 32.1 Å². The molecule has 1 heterocycles. The van der Waals surface area contributed by atoms with E-state index in [0.717, 1.165) is 30.0 Å². The summed E-state index contributed by atoms with van der Waals surface area (Å²) in [5.74, 6) is 0.784. The molecule has 4 heteroatoms. The first-order valence-electron chi connectivity index (χ1n) is 5.83. The summed E-state index contributed by atoms with van der Waals surface area (Å²) in [4.78, 5) is 14.1. The van der Waals surface area contributed by atoms with Crippen molar-refractivity contribution in [3.63, 3.8) is 0 Å². The summed E-state index contributed by atoms with van der Waals surface area (Å²) < 4.78 is 5.42. The molecule has 0 spiro atoms. The lowest BCUT2D eigenvalue weighted by molar-refractivity contribution is 0.0982. The number of carbonyl (C=O) groups excluding carboxylic acids is 1. The molecular formula is C13H18N2O2. The Kier molecular flexibility index (Phi) is 3.33. The van der Waals surface area contributed by atoms with E-state index in [2.05, 4.69) is 4.90 Å². The Labute approximate surface area is 101 Å². The minimum absolute atomic E-state index is 0.0571. The number of hydrogen-bond acceptors (Lipinski definition) is 4. The summed E-state index contributed by atoms with van der Waals surface area (Å²) in [6.45, 7) is 1.35. The Morgan fingerprint density at radius 2 is 2.29 bits per heavy atom. The van der Waals surface area contributed by atoms with Crippen molar-refractivity contribution in [2.45, 2.75) is 12.8 Å². The molecule has 0 fully saturated rings. The smallest absolute Gasteiger partial charge is 0.167 e. The van der Waals surface area contributed by atoms with Gasteiger partial charge in [0.25, 0.3) is 0 Å². The average molecular weight is 234 g/mol. The number of fused-ring (bicyclic) bond motifs is 1. The maximum atomic E-state index is 11.9. The third kappa shape index (κ3) is 2.00. The van der Waals surface area contributed by atoms with Crippen LogP contribution in [0.2, 0.25) is 0 Å². The fraction of sp³-hybridized carbons (Fsp3) is 0.462. The average Bonchev–Trinajstić information content (AvgIpc) is 2.70. The Morgan fingerprint density at radius 1 is 1.53 bits per heavy atom. The van der Waals surface area contributed by atoms with Crippen LogP contribution in [0.25, 0.3) is 0 Å². The highest BCUT2D eigenvalue weighted by Crippen LogP contribution is 2.37. The summed E-state index contributed by atoms with van der Waals surface area (Å²) in [5, 5.41) is 0. The molecule has 4 nitrogen and oxygen atoms in total. The molecule has 1 aromatic carbocycles. The minimum atomic E-state index is 0.0571. The van der Waals surface area contributed by atoms with Gasteiger partial charge in [-0.15, -0.1) is 0 Å². The normalized spacial score (nSPS) is 13.7. The van der Waals surface area contributed by atoms with Gasteiger partial charge in [-0.25, -0.2) is 0 Å². The summed E-state index contributed by atoms with van der Waals surface area (Å²) in [6, 6.07) is 3.84. The van der Waals surface area contributed by atoms with E-state index in [0.29, 0.717) is 18.5 Å². The number of nitrogens with two attached hydrogens (primary N) is 1. The second-order valence-electron chi connectivity index (χ2n) is 4.28. The van der Waals surface area contributed by atoms with Gasteiger partial charge < -0.3 is 15.4 Å². The largest absolute Gasteiger partial charge is 0.496 e. The van der Waals surface area contributed by atoms with Crippen molar-refractivity contribution in [2.24, 2.45) is 5.73 Å². The van der Waals surface area contributed by atoms with Gasteiger partial charge >= 0.3 is 0 Å². The maximum absolute atomic E-state index is 11.9. The molecule has 1 aliphatic rings. The number of likely N-dealkylation sites (N-methyl/N-ethyl adjacent to an activating group) is 1. The van der Waals surface area contributed by atoms with Crippen LogP contribution in [0.15, 0.2) is 12.1 Å². The second kappa shape index (κ2) is 4.75. The molecule has 0 aliphatic carbocycles. The van der Waals surface area contributed by atoms with Crippen molar-refractivity contribution in [3.05, 3.63) is 23.3 Å². The van der Waals surface area contributed by atoms with E-state index in [-0.39, 0.29) is 5.78 Å². The lowest BCUT2D eigenvalue weighted by Gasteiger charge is -2.15. The molecular weight excluding hydrogens is 216 g/mol. The van der Waals surface area contributed by atoms with Crippen molar-refractivity contribution < 1.29 is 9.53 Å². The van der Waals surface area contributed by atoms with Gasteiger partial charge in [0.1, 0.15) is 5.75 Å². The highest BCUT2D eigenvalue weighted by molar-refractivity contribution is 6.00. The molecule has 0 atom stereocenters. The third-order valence-electron chi connectivity index (χ3n) is 3.22. The molecule has 2 rings (SSSR count). The van der Waals surface area contributed by atoms with Gasteiger partial charge in [-0.2, -0.15) is 0 Å². The quantitative estimate of drug-likeness (QED) is 0.796. The summed E-state index contributed by atoms with van der Waals surface area (Å²) in [5.41, 5.74) is 8.38. The number of rotatable bonds is 4. The van der Waals surface area contributed by atoms with E-state index in [4.69, 9.17) is 10.5 Å².